The van der Waals surface area contributed by atoms with Gasteiger partial charge in [-0.25, -0.2) is 8.78 Å². The van der Waals surface area contributed by atoms with Crippen LogP contribution in [-0.4, -0.2) is 6.54 Å². The number of rotatable bonds is 4. The highest BCUT2D eigenvalue weighted by Crippen LogP contribution is 2.43. The standard InChI is InChI=1S/C17H25F2N/c1-12(2)13-6-8-17(11-20,9-7-13)10-14-15(18)4-3-5-16(14)19/h3-5,12-13H,6-11,20H2,1-2H3. The third-order valence-electron chi connectivity index (χ3n) is 5.08. The summed E-state index contributed by atoms with van der Waals surface area (Å²) in [5, 5.41) is 0. The third-order valence-corrected chi connectivity index (χ3v) is 5.08. The lowest BCUT2D eigenvalue weighted by atomic mass is 9.65. The molecule has 2 N–H and O–H groups in total. The Morgan fingerprint density at radius 3 is 2.20 bits per heavy atom. The molecule has 1 fully saturated rings. The highest BCUT2D eigenvalue weighted by molar-refractivity contribution is 5.21. The van der Waals surface area contributed by atoms with Gasteiger partial charge < -0.3 is 5.73 Å². The van der Waals surface area contributed by atoms with Crippen LogP contribution in [0.5, 0.6) is 0 Å². The minimum absolute atomic E-state index is 0.131. The molecule has 0 amide bonds. The van der Waals surface area contributed by atoms with Crippen molar-refractivity contribution < 1.29 is 8.78 Å². The van der Waals surface area contributed by atoms with Crippen LogP contribution in [0.25, 0.3) is 0 Å². The molecule has 0 spiro atoms. The second-order valence-electron chi connectivity index (χ2n) is 6.66. The maximum absolute atomic E-state index is 13.8. The average molecular weight is 281 g/mol. The van der Waals surface area contributed by atoms with E-state index in [0.29, 0.717) is 18.9 Å². The van der Waals surface area contributed by atoms with Gasteiger partial charge in [-0.15, -0.1) is 0 Å². The molecule has 0 unspecified atom stereocenters. The SMILES string of the molecule is CC(C)C1CCC(CN)(Cc2c(F)cccc2F)CC1. The summed E-state index contributed by atoms with van der Waals surface area (Å²) >= 11 is 0. The molecular formula is C17H25F2N. The lowest BCUT2D eigenvalue weighted by Gasteiger charge is -2.41. The van der Waals surface area contributed by atoms with Crippen molar-refractivity contribution in [1.29, 1.82) is 0 Å². The normalized spacial score (nSPS) is 27.0. The summed E-state index contributed by atoms with van der Waals surface area (Å²) in [5.74, 6) is 0.517. The van der Waals surface area contributed by atoms with Crippen molar-refractivity contribution in [3.8, 4) is 0 Å². The number of nitrogens with two attached hydrogens (primary N) is 1. The Bertz CT molecular complexity index is 428. The van der Waals surface area contributed by atoms with Crippen LogP contribution < -0.4 is 5.73 Å². The highest BCUT2D eigenvalue weighted by atomic mass is 19.1. The summed E-state index contributed by atoms with van der Waals surface area (Å²) in [7, 11) is 0. The zero-order valence-electron chi connectivity index (χ0n) is 12.5. The van der Waals surface area contributed by atoms with Gasteiger partial charge in [-0.3, -0.25) is 0 Å². The van der Waals surface area contributed by atoms with Crippen molar-refractivity contribution in [2.24, 2.45) is 23.0 Å². The Kier molecular flexibility index (Phi) is 4.79. The summed E-state index contributed by atoms with van der Waals surface area (Å²) in [5.41, 5.74) is 6.04. The van der Waals surface area contributed by atoms with Crippen LogP contribution in [0, 0.1) is 28.9 Å². The van der Waals surface area contributed by atoms with Gasteiger partial charge in [0.1, 0.15) is 11.6 Å². The second-order valence-corrected chi connectivity index (χ2v) is 6.66. The third kappa shape index (κ3) is 3.20. The first-order valence-electron chi connectivity index (χ1n) is 7.60. The Labute approximate surface area is 120 Å². The van der Waals surface area contributed by atoms with E-state index in [1.165, 1.54) is 18.2 Å². The van der Waals surface area contributed by atoms with Crippen molar-refractivity contribution in [3.05, 3.63) is 35.4 Å². The molecule has 20 heavy (non-hydrogen) atoms. The van der Waals surface area contributed by atoms with Gasteiger partial charge in [0, 0.05) is 5.56 Å². The molecule has 1 nitrogen and oxygen atoms in total. The molecule has 2 rings (SSSR count). The maximum atomic E-state index is 13.8. The smallest absolute Gasteiger partial charge is 0.129 e. The van der Waals surface area contributed by atoms with Gasteiger partial charge in [0.15, 0.2) is 0 Å². The first kappa shape index (κ1) is 15.4. The quantitative estimate of drug-likeness (QED) is 0.875. The van der Waals surface area contributed by atoms with E-state index in [0.717, 1.165) is 31.6 Å². The van der Waals surface area contributed by atoms with Crippen molar-refractivity contribution in [2.75, 3.05) is 6.54 Å². The van der Waals surface area contributed by atoms with E-state index in [1.807, 2.05) is 0 Å². The highest BCUT2D eigenvalue weighted by Gasteiger charge is 2.36. The molecule has 1 aliphatic rings. The molecule has 1 aromatic carbocycles. The molecule has 3 heteroatoms. The van der Waals surface area contributed by atoms with E-state index in [9.17, 15) is 8.78 Å². The lowest BCUT2D eigenvalue weighted by molar-refractivity contribution is 0.130. The monoisotopic (exact) mass is 281 g/mol. The van der Waals surface area contributed by atoms with Gasteiger partial charge in [0.05, 0.1) is 0 Å². The molecule has 1 aromatic rings. The Morgan fingerprint density at radius 1 is 1.20 bits per heavy atom. The summed E-state index contributed by atoms with van der Waals surface area (Å²) in [4.78, 5) is 0. The molecule has 0 aromatic heterocycles. The average Bonchev–Trinajstić information content (AvgIpc) is 2.43. The summed E-state index contributed by atoms with van der Waals surface area (Å²) < 4.78 is 27.7. The predicted molar refractivity (Wildman–Crippen MR) is 78.3 cm³/mol. The zero-order chi connectivity index (χ0) is 14.8. The fourth-order valence-corrected chi connectivity index (χ4v) is 3.45. The fraction of sp³-hybridized carbons (Fsp3) is 0.647. The molecule has 0 heterocycles. The molecule has 1 saturated carbocycles. The minimum atomic E-state index is -0.441. The number of hydrogen-bond acceptors (Lipinski definition) is 1. The van der Waals surface area contributed by atoms with Crippen LogP contribution in [-0.2, 0) is 6.42 Å². The predicted octanol–water partition coefficient (Wildman–Crippen LogP) is 4.30. The second kappa shape index (κ2) is 6.21. The number of halogens is 2. The van der Waals surface area contributed by atoms with Crippen LogP contribution >= 0.6 is 0 Å². The van der Waals surface area contributed by atoms with Crippen molar-refractivity contribution >= 4 is 0 Å². The summed E-state index contributed by atoms with van der Waals surface area (Å²) in [6.45, 7) is 5.00. The Balaban J connectivity index is 2.14. The largest absolute Gasteiger partial charge is 0.330 e. The Hall–Kier alpha value is -0.960. The van der Waals surface area contributed by atoms with Crippen LogP contribution in [0.3, 0.4) is 0 Å². The van der Waals surface area contributed by atoms with Crippen molar-refractivity contribution in [2.45, 2.75) is 46.0 Å². The van der Waals surface area contributed by atoms with Gasteiger partial charge in [0.2, 0.25) is 0 Å². The van der Waals surface area contributed by atoms with Crippen LogP contribution in [0.4, 0.5) is 8.78 Å². The fourth-order valence-electron chi connectivity index (χ4n) is 3.45. The van der Waals surface area contributed by atoms with E-state index >= 15 is 0 Å². The molecule has 0 atom stereocenters. The molecule has 0 bridgehead atoms. The molecule has 0 saturated heterocycles. The van der Waals surface area contributed by atoms with Gasteiger partial charge in [-0.1, -0.05) is 19.9 Å². The summed E-state index contributed by atoms with van der Waals surface area (Å²) in [6, 6.07) is 4.09. The number of hydrogen-bond donors (Lipinski definition) is 1. The first-order chi connectivity index (χ1) is 9.47. The molecule has 0 aliphatic heterocycles. The molecule has 112 valence electrons. The maximum Gasteiger partial charge on any atom is 0.129 e. The first-order valence-corrected chi connectivity index (χ1v) is 7.60. The van der Waals surface area contributed by atoms with Crippen LogP contribution in [0.15, 0.2) is 18.2 Å². The molecule has 0 radical (unpaired) electrons. The van der Waals surface area contributed by atoms with Gasteiger partial charge in [-0.05, 0) is 68.0 Å². The molecular weight excluding hydrogens is 256 g/mol. The van der Waals surface area contributed by atoms with Crippen molar-refractivity contribution in [3.63, 3.8) is 0 Å². The van der Waals surface area contributed by atoms with Gasteiger partial charge >= 0.3 is 0 Å². The van der Waals surface area contributed by atoms with E-state index in [1.54, 1.807) is 0 Å². The topological polar surface area (TPSA) is 26.0 Å². The van der Waals surface area contributed by atoms with Crippen LogP contribution in [0.1, 0.15) is 45.1 Å². The van der Waals surface area contributed by atoms with Crippen molar-refractivity contribution in [1.82, 2.24) is 0 Å². The van der Waals surface area contributed by atoms with Gasteiger partial charge in [0.25, 0.3) is 0 Å². The summed E-state index contributed by atoms with van der Waals surface area (Å²) in [6.07, 6.45) is 4.60. The minimum Gasteiger partial charge on any atom is -0.330 e. The zero-order valence-corrected chi connectivity index (χ0v) is 12.5. The van der Waals surface area contributed by atoms with Gasteiger partial charge in [-0.2, -0.15) is 0 Å². The Morgan fingerprint density at radius 2 is 1.75 bits per heavy atom. The molecule has 1 aliphatic carbocycles. The van der Waals surface area contributed by atoms with E-state index < -0.39 is 11.6 Å². The van der Waals surface area contributed by atoms with E-state index in [-0.39, 0.29) is 11.0 Å². The van der Waals surface area contributed by atoms with E-state index in [2.05, 4.69) is 13.8 Å². The lowest BCUT2D eigenvalue weighted by Crippen LogP contribution is -2.38. The number of benzene rings is 1. The van der Waals surface area contributed by atoms with E-state index in [4.69, 9.17) is 5.73 Å². The van der Waals surface area contributed by atoms with Crippen LogP contribution in [0.2, 0.25) is 0 Å².